The van der Waals surface area contributed by atoms with E-state index in [-0.39, 0.29) is 11.8 Å². The van der Waals surface area contributed by atoms with Gasteiger partial charge in [-0.05, 0) is 60.7 Å². The molecule has 0 N–H and O–H groups in total. The monoisotopic (exact) mass is 662 g/mol. The van der Waals surface area contributed by atoms with Crippen molar-refractivity contribution in [1.82, 2.24) is 4.68 Å². The molecule has 0 radical (unpaired) electrons. The lowest BCUT2D eigenvalue weighted by Gasteiger charge is -2.13. The second kappa shape index (κ2) is 12.3. The van der Waals surface area contributed by atoms with Crippen molar-refractivity contribution in [1.29, 1.82) is 0 Å². The first-order chi connectivity index (χ1) is 20.4. The predicted octanol–water partition coefficient (Wildman–Crippen LogP) is 8.64. The summed E-state index contributed by atoms with van der Waals surface area (Å²) in [6, 6.07) is 26.6. The van der Waals surface area contributed by atoms with Gasteiger partial charge in [0.15, 0.2) is 0 Å². The van der Waals surface area contributed by atoms with Gasteiger partial charge < -0.3 is 9.47 Å². The molecule has 6 rings (SSSR count). The van der Waals surface area contributed by atoms with Crippen molar-refractivity contribution in [2.24, 2.45) is 10.1 Å². The van der Waals surface area contributed by atoms with Crippen molar-refractivity contribution < 1.29 is 18.7 Å². The maximum Gasteiger partial charge on any atom is 0.414 e. The van der Waals surface area contributed by atoms with Gasteiger partial charge in [-0.25, -0.2) is 18.9 Å². The second-order valence-electron chi connectivity index (χ2n) is 9.08. The average molecular weight is 664 g/mol. The molecule has 1 fully saturated rings. The quantitative estimate of drug-likeness (QED) is 0.164. The van der Waals surface area contributed by atoms with Crippen LogP contribution in [0.4, 0.5) is 20.6 Å². The van der Waals surface area contributed by atoms with Gasteiger partial charge in [-0.2, -0.15) is 5.10 Å². The van der Waals surface area contributed by atoms with Crippen molar-refractivity contribution in [3.8, 4) is 22.8 Å². The lowest BCUT2D eigenvalue weighted by Crippen LogP contribution is -2.23. The van der Waals surface area contributed by atoms with E-state index < -0.39 is 5.82 Å². The summed E-state index contributed by atoms with van der Waals surface area (Å²) in [5, 5.41) is 7.24. The number of halogens is 3. The minimum Gasteiger partial charge on any atom is -0.457 e. The number of cyclic esters (lactones) is 1. The van der Waals surface area contributed by atoms with Crippen LogP contribution in [0.3, 0.4) is 0 Å². The molecule has 0 atom stereocenters. The molecule has 0 saturated carbocycles. The highest BCUT2D eigenvalue weighted by Gasteiger charge is 2.23. The van der Waals surface area contributed by atoms with E-state index in [1.165, 1.54) is 17.4 Å². The fourth-order valence-corrected chi connectivity index (χ4v) is 5.62. The third-order valence-corrected chi connectivity index (χ3v) is 7.85. The molecule has 5 aromatic rings. The van der Waals surface area contributed by atoms with Crippen LogP contribution in [-0.2, 0) is 4.74 Å². The number of carbonyl (C=O) groups is 1. The summed E-state index contributed by atoms with van der Waals surface area (Å²) in [5.74, 6) is 0.702. The SMILES string of the molecule is O=C1OCCN1c1ccc(-c2csc(=Nc3ccccc3F)n2/N=C/c2ccc(Br)cc2Oc2cccc(Cl)c2)cc1. The lowest BCUT2D eigenvalue weighted by atomic mass is 10.1. The topological polar surface area (TPSA) is 68.4 Å². The summed E-state index contributed by atoms with van der Waals surface area (Å²) in [4.78, 5) is 18.6. The highest BCUT2D eigenvalue weighted by atomic mass is 79.9. The smallest absolute Gasteiger partial charge is 0.414 e. The van der Waals surface area contributed by atoms with Gasteiger partial charge in [0.05, 0.1) is 18.5 Å². The Bertz CT molecular complexity index is 1870. The van der Waals surface area contributed by atoms with Crippen LogP contribution in [0.15, 0.2) is 111 Å². The van der Waals surface area contributed by atoms with Crippen molar-refractivity contribution in [3.05, 3.63) is 122 Å². The Labute approximate surface area is 257 Å². The van der Waals surface area contributed by atoms with E-state index >= 15 is 0 Å². The van der Waals surface area contributed by atoms with E-state index in [2.05, 4.69) is 20.9 Å². The molecule has 42 heavy (non-hydrogen) atoms. The van der Waals surface area contributed by atoms with Crippen molar-refractivity contribution in [3.63, 3.8) is 0 Å². The Morgan fingerprint density at radius 3 is 2.62 bits per heavy atom. The van der Waals surface area contributed by atoms with Crippen LogP contribution in [0.1, 0.15) is 5.56 Å². The lowest BCUT2D eigenvalue weighted by molar-refractivity contribution is 0.181. The fourth-order valence-electron chi connectivity index (χ4n) is 4.25. The number of hydrogen-bond acceptors (Lipinski definition) is 6. The molecule has 0 unspecified atom stereocenters. The van der Waals surface area contributed by atoms with Gasteiger partial charge in [-0.3, -0.25) is 4.90 Å². The molecule has 1 amide bonds. The Hall–Kier alpha value is -4.25. The Balaban J connectivity index is 1.41. The van der Waals surface area contributed by atoms with Gasteiger partial charge in [0.2, 0.25) is 4.80 Å². The van der Waals surface area contributed by atoms with Crippen LogP contribution in [-0.4, -0.2) is 30.1 Å². The number of amides is 1. The number of ether oxygens (including phenoxy) is 2. The molecule has 1 aromatic heterocycles. The average Bonchev–Trinajstić information content (AvgIpc) is 3.60. The number of para-hydroxylation sites is 1. The maximum absolute atomic E-state index is 14.5. The zero-order valence-corrected chi connectivity index (χ0v) is 24.9. The first-order valence-corrected chi connectivity index (χ1v) is 14.8. The van der Waals surface area contributed by atoms with Gasteiger partial charge in [0.1, 0.15) is 29.6 Å². The van der Waals surface area contributed by atoms with Crippen molar-refractivity contribution >= 4 is 62.6 Å². The number of carbonyl (C=O) groups excluding carboxylic acids is 1. The summed E-state index contributed by atoms with van der Waals surface area (Å²) in [6.45, 7) is 0.860. The van der Waals surface area contributed by atoms with Gasteiger partial charge in [-0.1, -0.05) is 57.9 Å². The summed E-state index contributed by atoms with van der Waals surface area (Å²) in [6.07, 6.45) is 1.30. The van der Waals surface area contributed by atoms with Gasteiger partial charge in [0.25, 0.3) is 0 Å². The van der Waals surface area contributed by atoms with E-state index in [0.29, 0.717) is 40.0 Å². The first kappa shape index (κ1) is 27.9. The molecule has 0 spiro atoms. The maximum atomic E-state index is 14.5. The molecular weight excluding hydrogens is 643 g/mol. The summed E-state index contributed by atoms with van der Waals surface area (Å²) < 4.78 is 28.2. The predicted molar refractivity (Wildman–Crippen MR) is 167 cm³/mol. The van der Waals surface area contributed by atoms with Crippen molar-refractivity contribution in [2.75, 3.05) is 18.1 Å². The fraction of sp³-hybridized carbons (Fsp3) is 0.0645. The summed E-state index contributed by atoms with van der Waals surface area (Å²) in [5.41, 5.74) is 3.20. The largest absolute Gasteiger partial charge is 0.457 e. The van der Waals surface area contributed by atoms with E-state index in [9.17, 15) is 9.18 Å². The number of anilines is 1. The van der Waals surface area contributed by atoms with E-state index in [0.717, 1.165) is 21.4 Å². The molecule has 0 bridgehead atoms. The number of rotatable bonds is 7. The zero-order chi connectivity index (χ0) is 29.1. The molecule has 7 nitrogen and oxygen atoms in total. The van der Waals surface area contributed by atoms with Crippen molar-refractivity contribution in [2.45, 2.75) is 0 Å². The number of benzene rings is 4. The number of aromatic nitrogens is 1. The van der Waals surface area contributed by atoms with E-state index in [4.69, 9.17) is 26.2 Å². The minimum atomic E-state index is -0.435. The molecule has 0 aliphatic carbocycles. The third kappa shape index (κ3) is 6.15. The Kier molecular flexibility index (Phi) is 8.18. The second-order valence-corrected chi connectivity index (χ2v) is 11.3. The van der Waals surface area contributed by atoms with Crippen LogP contribution in [0, 0.1) is 5.82 Å². The first-order valence-electron chi connectivity index (χ1n) is 12.8. The number of nitrogens with zero attached hydrogens (tertiary/aromatic N) is 4. The molecule has 4 aromatic carbocycles. The van der Waals surface area contributed by atoms with Crippen LogP contribution in [0.5, 0.6) is 11.5 Å². The molecule has 11 heteroatoms. The number of thiazole rings is 1. The molecule has 1 aliphatic rings. The van der Waals surface area contributed by atoms with Crippen LogP contribution >= 0.6 is 38.9 Å². The van der Waals surface area contributed by atoms with Gasteiger partial charge >= 0.3 is 6.09 Å². The highest BCUT2D eigenvalue weighted by Crippen LogP contribution is 2.30. The van der Waals surface area contributed by atoms with E-state index in [1.807, 2.05) is 60.0 Å². The molecule has 210 valence electrons. The van der Waals surface area contributed by atoms with E-state index in [1.54, 1.807) is 46.1 Å². The standard InChI is InChI=1S/C31H21BrClFN4O3S/c32-22-11-8-21(29(16-22)41-25-5-3-4-23(33)17-25)18-35-38-28(19-42-30(38)36-27-7-2-1-6-26(27)34)20-9-12-24(13-10-20)37-14-15-40-31(37)39/h1-13,16-19H,14-15H2/b35-18+,36-30?. The number of hydrogen-bond donors (Lipinski definition) is 0. The minimum absolute atomic E-state index is 0.200. The van der Waals surface area contributed by atoms with Gasteiger partial charge in [0, 0.05) is 31.7 Å². The van der Waals surface area contributed by atoms with Gasteiger partial charge in [-0.15, -0.1) is 11.3 Å². The zero-order valence-electron chi connectivity index (χ0n) is 21.8. The summed E-state index contributed by atoms with van der Waals surface area (Å²) in [7, 11) is 0. The molecular formula is C31H21BrClFN4O3S. The third-order valence-electron chi connectivity index (χ3n) is 6.30. The van der Waals surface area contributed by atoms with Crippen LogP contribution in [0.2, 0.25) is 5.02 Å². The molecule has 1 aliphatic heterocycles. The normalized spacial score (nSPS) is 13.6. The Morgan fingerprint density at radius 1 is 1.02 bits per heavy atom. The molecule has 2 heterocycles. The van der Waals surface area contributed by atoms with Crippen LogP contribution in [0.25, 0.3) is 11.3 Å². The Morgan fingerprint density at radius 2 is 1.86 bits per heavy atom. The molecule has 1 saturated heterocycles. The highest BCUT2D eigenvalue weighted by molar-refractivity contribution is 9.10. The van der Waals surface area contributed by atoms with Crippen LogP contribution < -0.4 is 14.4 Å². The summed E-state index contributed by atoms with van der Waals surface area (Å²) >= 11 is 11.0.